The van der Waals surface area contributed by atoms with Gasteiger partial charge in [-0.15, -0.1) is 0 Å². The Balaban J connectivity index is 1.36. The Morgan fingerprint density at radius 2 is 2.08 bits per heavy atom. The topological polar surface area (TPSA) is 89.9 Å². The number of piperidine rings is 1. The minimum atomic E-state index is 0.0850. The van der Waals surface area contributed by atoms with Crippen LogP contribution in [0.4, 0.5) is 0 Å². The first-order valence-electron chi connectivity index (χ1n) is 8.30. The zero-order valence-electron chi connectivity index (χ0n) is 13.7. The summed E-state index contributed by atoms with van der Waals surface area (Å²) in [4.78, 5) is 22.9. The quantitative estimate of drug-likeness (QED) is 0.720. The van der Waals surface area contributed by atoms with Gasteiger partial charge in [-0.1, -0.05) is 11.2 Å². The SMILES string of the molecule is O=C(Cn1cccn1)N1CCC(c2nc(-c3ccccn3)no2)CC1. The van der Waals surface area contributed by atoms with Gasteiger partial charge in [0.2, 0.25) is 17.6 Å². The summed E-state index contributed by atoms with van der Waals surface area (Å²) in [7, 11) is 0. The largest absolute Gasteiger partial charge is 0.341 e. The van der Waals surface area contributed by atoms with Crippen molar-refractivity contribution in [2.45, 2.75) is 25.3 Å². The summed E-state index contributed by atoms with van der Waals surface area (Å²) in [6, 6.07) is 7.40. The molecule has 25 heavy (non-hydrogen) atoms. The van der Waals surface area contributed by atoms with Crippen LogP contribution in [0.2, 0.25) is 0 Å². The molecule has 128 valence electrons. The minimum absolute atomic E-state index is 0.0850. The molecular formula is C17H18N6O2. The first kappa shape index (κ1) is 15.5. The lowest BCUT2D eigenvalue weighted by Crippen LogP contribution is -2.39. The van der Waals surface area contributed by atoms with Crippen molar-refractivity contribution in [3.05, 3.63) is 48.7 Å². The fraction of sp³-hybridized carbons (Fsp3) is 0.353. The maximum Gasteiger partial charge on any atom is 0.244 e. The number of hydrogen-bond acceptors (Lipinski definition) is 6. The highest BCUT2D eigenvalue weighted by molar-refractivity contribution is 5.76. The zero-order valence-corrected chi connectivity index (χ0v) is 13.7. The smallest absolute Gasteiger partial charge is 0.244 e. The van der Waals surface area contributed by atoms with Crippen LogP contribution in [0.5, 0.6) is 0 Å². The first-order chi connectivity index (χ1) is 12.3. The molecule has 0 aromatic carbocycles. The molecule has 4 rings (SSSR count). The second kappa shape index (κ2) is 6.84. The molecule has 0 N–H and O–H groups in total. The fourth-order valence-corrected chi connectivity index (χ4v) is 3.01. The highest BCUT2D eigenvalue weighted by Gasteiger charge is 2.27. The van der Waals surface area contributed by atoms with E-state index in [4.69, 9.17) is 4.52 Å². The summed E-state index contributed by atoms with van der Waals surface area (Å²) < 4.78 is 7.07. The number of aromatic nitrogens is 5. The number of pyridine rings is 1. The van der Waals surface area contributed by atoms with Crippen LogP contribution in [-0.4, -0.2) is 48.8 Å². The summed E-state index contributed by atoms with van der Waals surface area (Å²) in [6.45, 7) is 1.65. The molecule has 0 bridgehead atoms. The van der Waals surface area contributed by atoms with Gasteiger partial charge in [0.15, 0.2) is 0 Å². The first-order valence-corrected chi connectivity index (χ1v) is 8.30. The Labute approximate surface area is 144 Å². The molecule has 1 fully saturated rings. The summed E-state index contributed by atoms with van der Waals surface area (Å²) in [5.41, 5.74) is 0.698. The van der Waals surface area contributed by atoms with Crippen molar-refractivity contribution in [2.75, 3.05) is 13.1 Å². The molecule has 4 heterocycles. The maximum atomic E-state index is 12.3. The molecule has 0 unspecified atom stereocenters. The van der Waals surface area contributed by atoms with Crippen molar-refractivity contribution in [1.82, 2.24) is 29.8 Å². The second-order valence-electron chi connectivity index (χ2n) is 6.03. The molecule has 0 aliphatic carbocycles. The van der Waals surface area contributed by atoms with Crippen molar-refractivity contribution >= 4 is 5.91 Å². The molecule has 1 saturated heterocycles. The van der Waals surface area contributed by atoms with Gasteiger partial charge in [0.25, 0.3) is 0 Å². The lowest BCUT2D eigenvalue weighted by Gasteiger charge is -2.30. The number of nitrogens with zero attached hydrogens (tertiary/aromatic N) is 6. The van der Waals surface area contributed by atoms with E-state index < -0.39 is 0 Å². The number of carbonyl (C=O) groups is 1. The van der Waals surface area contributed by atoms with Crippen molar-refractivity contribution < 1.29 is 9.32 Å². The number of hydrogen-bond donors (Lipinski definition) is 0. The van der Waals surface area contributed by atoms with Crippen molar-refractivity contribution in [1.29, 1.82) is 0 Å². The Morgan fingerprint density at radius 3 is 2.80 bits per heavy atom. The van der Waals surface area contributed by atoms with Gasteiger partial charge in [-0.3, -0.25) is 14.5 Å². The van der Waals surface area contributed by atoms with Gasteiger partial charge in [0.1, 0.15) is 12.2 Å². The van der Waals surface area contributed by atoms with Crippen LogP contribution in [0.1, 0.15) is 24.7 Å². The van der Waals surface area contributed by atoms with Crippen LogP contribution >= 0.6 is 0 Å². The third kappa shape index (κ3) is 3.42. The standard InChI is InChI=1S/C17H18N6O2/c24-15(12-23-9-3-8-19-23)22-10-5-13(6-11-22)17-20-16(21-25-17)14-4-1-2-7-18-14/h1-4,7-9,13H,5-6,10-12H2. The predicted octanol–water partition coefficient (Wildman–Crippen LogP) is 1.73. The second-order valence-corrected chi connectivity index (χ2v) is 6.03. The zero-order chi connectivity index (χ0) is 17.1. The van der Waals surface area contributed by atoms with Crippen molar-refractivity contribution in [3.63, 3.8) is 0 Å². The van der Waals surface area contributed by atoms with Crippen LogP contribution in [0.15, 0.2) is 47.4 Å². The van der Waals surface area contributed by atoms with Crippen molar-refractivity contribution in [2.24, 2.45) is 0 Å². The highest BCUT2D eigenvalue weighted by atomic mass is 16.5. The number of likely N-dealkylation sites (tertiary alicyclic amines) is 1. The van der Waals surface area contributed by atoms with Gasteiger partial charge in [-0.05, 0) is 31.0 Å². The molecule has 0 radical (unpaired) electrons. The monoisotopic (exact) mass is 338 g/mol. The summed E-state index contributed by atoms with van der Waals surface area (Å²) >= 11 is 0. The predicted molar refractivity (Wildman–Crippen MR) is 88.3 cm³/mol. The summed E-state index contributed by atoms with van der Waals surface area (Å²) in [6.07, 6.45) is 6.80. The van der Waals surface area contributed by atoms with Gasteiger partial charge in [0.05, 0.1) is 0 Å². The van der Waals surface area contributed by atoms with Crippen LogP contribution in [0, 0.1) is 0 Å². The summed E-state index contributed by atoms with van der Waals surface area (Å²) in [5.74, 6) is 1.40. The van der Waals surface area contributed by atoms with Crippen LogP contribution in [0.3, 0.4) is 0 Å². The van der Waals surface area contributed by atoms with E-state index in [9.17, 15) is 4.79 Å². The maximum absolute atomic E-state index is 12.3. The molecule has 1 amide bonds. The molecule has 1 aliphatic rings. The van der Waals surface area contributed by atoms with Gasteiger partial charge >= 0.3 is 0 Å². The van der Waals surface area contributed by atoms with Crippen LogP contribution in [0.25, 0.3) is 11.5 Å². The Morgan fingerprint density at radius 1 is 1.20 bits per heavy atom. The van der Waals surface area contributed by atoms with E-state index in [-0.39, 0.29) is 18.4 Å². The molecular weight excluding hydrogens is 320 g/mol. The lowest BCUT2D eigenvalue weighted by molar-refractivity contribution is -0.133. The molecule has 0 atom stereocenters. The number of rotatable bonds is 4. The lowest BCUT2D eigenvalue weighted by atomic mass is 9.96. The van der Waals surface area contributed by atoms with Crippen LogP contribution in [-0.2, 0) is 11.3 Å². The van der Waals surface area contributed by atoms with Gasteiger partial charge in [-0.25, -0.2) is 0 Å². The number of amides is 1. The van der Waals surface area contributed by atoms with E-state index in [1.165, 1.54) is 0 Å². The van der Waals surface area contributed by atoms with Crippen LogP contribution < -0.4 is 0 Å². The average Bonchev–Trinajstić information content (AvgIpc) is 3.34. The molecule has 3 aromatic heterocycles. The number of carbonyl (C=O) groups excluding carboxylic acids is 1. The molecule has 8 nitrogen and oxygen atoms in total. The van der Waals surface area contributed by atoms with E-state index in [1.807, 2.05) is 29.2 Å². The van der Waals surface area contributed by atoms with E-state index in [0.717, 1.165) is 12.8 Å². The highest BCUT2D eigenvalue weighted by Crippen LogP contribution is 2.28. The van der Waals surface area contributed by atoms with E-state index in [1.54, 1.807) is 23.3 Å². The Hall–Kier alpha value is -3.03. The van der Waals surface area contributed by atoms with E-state index in [0.29, 0.717) is 30.5 Å². The van der Waals surface area contributed by atoms with Gasteiger partial charge in [0, 0.05) is 37.6 Å². The normalized spacial score (nSPS) is 15.4. The molecule has 8 heteroatoms. The van der Waals surface area contributed by atoms with Gasteiger partial charge < -0.3 is 9.42 Å². The average molecular weight is 338 g/mol. The molecule has 0 saturated carbocycles. The third-order valence-electron chi connectivity index (χ3n) is 4.39. The fourth-order valence-electron chi connectivity index (χ4n) is 3.01. The molecule has 3 aromatic rings. The molecule has 1 aliphatic heterocycles. The van der Waals surface area contributed by atoms with Gasteiger partial charge in [-0.2, -0.15) is 10.1 Å². The van der Waals surface area contributed by atoms with E-state index in [2.05, 4.69) is 20.2 Å². The van der Waals surface area contributed by atoms with Crippen molar-refractivity contribution in [3.8, 4) is 11.5 Å². The Bertz CT molecular complexity index is 822. The summed E-state index contributed by atoms with van der Waals surface area (Å²) in [5, 5.41) is 8.10. The third-order valence-corrected chi connectivity index (χ3v) is 4.39. The minimum Gasteiger partial charge on any atom is -0.341 e. The molecule has 0 spiro atoms. The van der Waals surface area contributed by atoms with E-state index >= 15 is 0 Å². The Kier molecular flexibility index (Phi) is 4.24.